The van der Waals surface area contributed by atoms with Crippen molar-refractivity contribution in [3.8, 4) is 11.6 Å². The van der Waals surface area contributed by atoms with Crippen molar-refractivity contribution in [2.24, 2.45) is 0 Å². The van der Waals surface area contributed by atoms with Gasteiger partial charge in [0, 0.05) is 18.2 Å². The summed E-state index contributed by atoms with van der Waals surface area (Å²) in [6.07, 6.45) is 1.19. The molecule has 0 aliphatic heterocycles. The highest BCUT2D eigenvalue weighted by Gasteiger charge is 2.19. The molecule has 0 unspecified atom stereocenters. The van der Waals surface area contributed by atoms with E-state index < -0.39 is 46.5 Å². The molecule has 0 atom stereocenters. The fourth-order valence-corrected chi connectivity index (χ4v) is 3.12. The highest BCUT2D eigenvalue weighted by Crippen LogP contribution is 2.28. The van der Waals surface area contributed by atoms with E-state index >= 15 is 0 Å². The second kappa shape index (κ2) is 8.93. The number of pyridine rings is 1. The molecule has 1 N–H and O–H groups in total. The molecule has 4 rings (SSSR count). The molecule has 2 aromatic carbocycles. The molecule has 0 saturated carbocycles. The van der Waals surface area contributed by atoms with E-state index in [1.807, 2.05) is 0 Å². The van der Waals surface area contributed by atoms with Crippen LogP contribution in [-0.4, -0.2) is 21.5 Å². The Balaban J connectivity index is 1.47. The number of nitrogens with zero attached hydrogens (tertiary/aromatic N) is 3. The van der Waals surface area contributed by atoms with Crippen LogP contribution >= 0.6 is 0 Å². The summed E-state index contributed by atoms with van der Waals surface area (Å²) in [6, 6.07) is 5.48. The molecule has 0 radical (unpaired) electrons. The highest BCUT2D eigenvalue weighted by atomic mass is 19.2. The Morgan fingerprint density at radius 2 is 1.64 bits per heavy atom. The number of nitrogens with one attached hydrogen (secondary N) is 1. The summed E-state index contributed by atoms with van der Waals surface area (Å²) in [4.78, 5) is 10.7. The zero-order valence-corrected chi connectivity index (χ0v) is 16.9. The second-order valence-corrected chi connectivity index (χ2v) is 6.97. The van der Waals surface area contributed by atoms with Gasteiger partial charge in [0.25, 0.3) is 11.8 Å². The van der Waals surface area contributed by atoms with Gasteiger partial charge >= 0.3 is 0 Å². The lowest BCUT2D eigenvalue weighted by atomic mass is 10.1. The number of aromatic nitrogens is 3. The van der Waals surface area contributed by atoms with E-state index in [0.29, 0.717) is 0 Å². The third-order valence-corrected chi connectivity index (χ3v) is 4.84. The highest BCUT2D eigenvalue weighted by molar-refractivity contribution is 5.89. The minimum atomic E-state index is -1.54. The minimum Gasteiger partial charge on any atom is -0.436 e. The molecule has 0 fully saturated rings. The SMILES string of the molecule is Cc1c(F)c(F)nc(Oc2ccc(CCNc3ncnc4c(F)ccc(F)c34)c(F)c2)c1F. The fourth-order valence-electron chi connectivity index (χ4n) is 3.12. The van der Waals surface area contributed by atoms with Gasteiger partial charge in [0.2, 0.25) is 0 Å². The van der Waals surface area contributed by atoms with Gasteiger partial charge in [0.05, 0.1) is 5.39 Å². The molecule has 11 heteroatoms. The van der Waals surface area contributed by atoms with Crippen LogP contribution < -0.4 is 10.1 Å². The van der Waals surface area contributed by atoms with Crippen LogP contribution in [0.1, 0.15) is 11.1 Å². The van der Waals surface area contributed by atoms with Crippen molar-refractivity contribution < 1.29 is 31.1 Å². The molecule has 4 aromatic rings. The molecule has 2 heterocycles. The number of ether oxygens (including phenoxy) is 1. The summed E-state index contributed by atoms with van der Waals surface area (Å²) >= 11 is 0. The number of benzene rings is 2. The van der Waals surface area contributed by atoms with Crippen LogP contribution in [0.5, 0.6) is 11.6 Å². The van der Waals surface area contributed by atoms with Gasteiger partial charge in [-0.25, -0.2) is 31.9 Å². The minimum absolute atomic E-state index is 0.0487. The van der Waals surface area contributed by atoms with E-state index in [-0.39, 0.29) is 41.0 Å². The summed E-state index contributed by atoms with van der Waals surface area (Å²) in [5.41, 5.74) is -0.586. The number of fused-ring (bicyclic) bond motifs is 1. The van der Waals surface area contributed by atoms with Crippen LogP contribution in [0.4, 0.5) is 32.2 Å². The maximum Gasteiger partial charge on any atom is 0.259 e. The molecule has 170 valence electrons. The predicted molar refractivity (Wildman–Crippen MR) is 107 cm³/mol. The zero-order valence-electron chi connectivity index (χ0n) is 16.9. The number of anilines is 1. The fraction of sp³-hybridized carbons (Fsp3) is 0.136. The van der Waals surface area contributed by atoms with Gasteiger partial charge in [0.15, 0.2) is 11.6 Å². The Kier molecular flexibility index (Phi) is 6.03. The molecule has 0 saturated heterocycles. The van der Waals surface area contributed by atoms with Crippen molar-refractivity contribution in [1.29, 1.82) is 0 Å². The van der Waals surface area contributed by atoms with E-state index in [1.54, 1.807) is 0 Å². The molecule has 33 heavy (non-hydrogen) atoms. The van der Waals surface area contributed by atoms with Crippen molar-refractivity contribution in [1.82, 2.24) is 15.0 Å². The average Bonchev–Trinajstić information content (AvgIpc) is 2.80. The Labute approximate surface area is 183 Å². The van der Waals surface area contributed by atoms with Crippen molar-refractivity contribution in [2.45, 2.75) is 13.3 Å². The zero-order chi connectivity index (χ0) is 23.7. The predicted octanol–water partition coefficient (Wildman–Crippen LogP) is 5.61. The largest absolute Gasteiger partial charge is 0.436 e. The number of hydrogen-bond donors (Lipinski definition) is 1. The number of hydrogen-bond acceptors (Lipinski definition) is 5. The van der Waals surface area contributed by atoms with Crippen LogP contribution in [-0.2, 0) is 6.42 Å². The van der Waals surface area contributed by atoms with E-state index in [1.165, 1.54) is 12.1 Å². The molecule has 0 aliphatic carbocycles. The molecule has 0 bridgehead atoms. The van der Waals surface area contributed by atoms with Gasteiger partial charge in [0.1, 0.15) is 40.9 Å². The maximum atomic E-state index is 14.5. The van der Waals surface area contributed by atoms with Crippen LogP contribution in [0.25, 0.3) is 10.9 Å². The molecule has 0 amide bonds. The van der Waals surface area contributed by atoms with E-state index in [2.05, 4.69) is 20.3 Å². The summed E-state index contributed by atoms with van der Waals surface area (Å²) in [5.74, 6) is -7.29. The lowest BCUT2D eigenvalue weighted by molar-refractivity contribution is 0.380. The Hall–Kier alpha value is -3.89. The molecule has 5 nitrogen and oxygen atoms in total. The summed E-state index contributed by atoms with van der Waals surface area (Å²) in [7, 11) is 0. The van der Waals surface area contributed by atoms with E-state index in [0.717, 1.165) is 31.5 Å². The van der Waals surface area contributed by atoms with Gasteiger partial charge in [-0.2, -0.15) is 9.37 Å². The normalized spacial score (nSPS) is 11.1. The lowest BCUT2D eigenvalue weighted by Gasteiger charge is -2.11. The standard InChI is InChI=1S/C22H14F6N4O/c1-10-17(26)20(28)32-22(18(10)27)33-12-3-2-11(15(25)8-12)6-7-29-21-16-13(23)4-5-14(24)19(16)30-9-31-21/h2-5,8-9H,6-7H2,1H3,(H,29,30,31). The van der Waals surface area contributed by atoms with Crippen LogP contribution in [0, 0.1) is 42.0 Å². The van der Waals surface area contributed by atoms with Gasteiger partial charge in [-0.15, -0.1) is 0 Å². The molecule has 0 spiro atoms. The first-order valence-corrected chi connectivity index (χ1v) is 9.56. The van der Waals surface area contributed by atoms with Crippen molar-refractivity contribution in [2.75, 3.05) is 11.9 Å². The Morgan fingerprint density at radius 1 is 0.879 bits per heavy atom. The smallest absolute Gasteiger partial charge is 0.259 e. The average molecular weight is 464 g/mol. The summed E-state index contributed by atoms with van der Waals surface area (Å²) < 4.78 is 88.3. The lowest BCUT2D eigenvalue weighted by Crippen LogP contribution is -2.09. The number of rotatable bonds is 6. The van der Waals surface area contributed by atoms with Gasteiger partial charge < -0.3 is 10.1 Å². The summed E-state index contributed by atoms with van der Waals surface area (Å²) in [6.45, 7) is 1.12. The van der Waals surface area contributed by atoms with Gasteiger partial charge in [-0.1, -0.05) is 6.07 Å². The van der Waals surface area contributed by atoms with E-state index in [9.17, 15) is 26.3 Å². The molecule has 0 aliphatic rings. The maximum absolute atomic E-state index is 14.5. The first-order chi connectivity index (χ1) is 15.8. The molecular formula is C22H14F6N4O. The molecular weight excluding hydrogens is 450 g/mol. The molecule has 2 aromatic heterocycles. The van der Waals surface area contributed by atoms with Crippen LogP contribution in [0.2, 0.25) is 0 Å². The van der Waals surface area contributed by atoms with Crippen LogP contribution in [0.3, 0.4) is 0 Å². The van der Waals surface area contributed by atoms with E-state index in [4.69, 9.17) is 4.74 Å². The monoisotopic (exact) mass is 464 g/mol. The number of halogens is 6. The van der Waals surface area contributed by atoms with Gasteiger partial charge in [-0.05, 0) is 37.1 Å². The topological polar surface area (TPSA) is 59.9 Å². The van der Waals surface area contributed by atoms with Crippen LogP contribution in [0.15, 0.2) is 36.7 Å². The first-order valence-electron chi connectivity index (χ1n) is 9.56. The van der Waals surface area contributed by atoms with Crippen molar-refractivity contribution in [3.05, 3.63) is 82.8 Å². The Morgan fingerprint density at radius 3 is 2.39 bits per heavy atom. The van der Waals surface area contributed by atoms with Crippen molar-refractivity contribution in [3.63, 3.8) is 0 Å². The Bertz CT molecular complexity index is 1370. The third kappa shape index (κ3) is 4.38. The second-order valence-electron chi connectivity index (χ2n) is 6.97. The quantitative estimate of drug-likeness (QED) is 0.297. The van der Waals surface area contributed by atoms with Gasteiger partial charge in [-0.3, -0.25) is 0 Å². The summed E-state index contributed by atoms with van der Waals surface area (Å²) in [5, 5.41) is 2.69. The first kappa shape index (κ1) is 22.3. The van der Waals surface area contributed by atoms with Crippen molar-refractivity contribution >= 4 is 16.7 Å². The third-order valence-electron chi connectivity index (χ3n) is 4.84.